The molecule has 0 amide bonds. The Kier molecular flexibility index (Phi) is 5.28. The Labute approximate surface area is 139 Å². The van der Waals surface area contributed by atoms with Crippen LogP contribution in [0.1, 0.15) is 21.5 Å². The Morgan fingerprint density at radius 1 is 1.22 bits per heavy atom. The van der Waals surface area contributed by atoms with Crippen molar-refractivity contribution < 1.29 is 19.4 Å². The summed E-state index contributed by atoms with van der Waals surface area (Å²) >= 11 is 5.98. The third-order valence-electron chi connectivity index (χ3n) is 3.25. The van der Waals surface area contributed by atoms with Crippen molar-refractivity contribution in [2.24, 2.45) is 0 Å². The number of pyridine rings is 1. The Morgan fingerprint density at radius 3 is 2.35 bits per heavy atom. The number of carboxylic acids is 1. The summed E-state index contributed by atoms with van der Waals surface area (Å²) in [5.74, 6) is 0.446. The van der Waals surface area contributed by atoms with Crippen LogP contribution in [-0.2, 0) is 6.54 Å². The molecular weight excluding hydrogens is 320 g/mol. The lowest BCUT2D eigenvalue weighted by atomic mass is 10.1. The molecule has 0 spiro atoms. The van der Waals surface area contributed by atoms with Crippen molar-refractivity contribution in [2.45, 2.75) is 13.5 Å². The molecule has 0 atom stereocenters. The maximum atomic E-state index is 11.3. The standard InChI is InChI=1S/C16H17ClN2O4/c1-9-4-13(16(20)21)15(19-14(9)17)18-8-10-5-11(22-2)7-12(6-10)23-3/h4-7H,8H2,1-3H3,(H,18,19)(H,20,21). The molecule has 7 heteroatoms. The number of hydrogen-bond acceptors (Lipinski definition) is 5. The number of nitrogens with zero attached hydrogens (tertiary/aromatic N) is 1. The highest BCUT2D eigenvalue weighted by atomic mass is 35.5. The summed E-state index contributed by atoms with van der Waals surface area (Å²) in [4.78, 5) is 15.4. The summed E-state index contributed by atoms with van der Waals surface area (Å²) in [6.07, 6.45) is 0. The van der Waals surface area contributed by atoms with Gasteiger partial charge in [0.2, 0.25) is 0 Å². The topological polar surface area (TPSA) is 80.7 Å². The van der Waals surface area contributed by atoms with Gasteiger partial charge in [0.25, 0.3) is 0 Å². The number of halogens is 1. The van der Waals surface area contributed by atoms with Gasteiger partial charge in [0.15, 0.2) is 0 Å². The van der Waals surface area contributed by atoms with Gasteiger partial charge in [-0.25, -0.2) is 9.78 Å². The van der Waals surface area contributed by atoms with Gasteiger partial charge in [0.1, 0.15) is 28.0 Å². The maximum absolute atomic E-state index is 11.3. The van der Waals surface area contributed by atoms with Gasteiger partial charge in [-0.2, -0.15) is 0 Å². The summed E-state index contributed by atoms with van der Waals surface area (Å²) in [6.45, 7) is 2.05. The van der Waals surface area contributed by atoms with Crippen LogP contribution < -0.4 is 14.8 Å². The minimum Gasteiger partial charge on any atom is -0.497 e. The number of hydrogen-bond donors (Lipinski definition) is 2. The number of carbonyl (C=O) groups is 1. The molecule has 2 N–H and O–H groups in total. The molecule has 2 rings (SSSR count). The lowest BCUT2D eigenvalue weighted by Gasteiger charge is -2.12. The van der Waals surface area contributed by atoms with Gasteiger partial charge in [0, 0.05) is 12.6 Å². The fourth-order valence-electron chi connectivity index (χ4n) is 2.04. The number of aryl methyl sites for hydroxylation is 1. The smallest absolute Gasteiger partial charge is 0.339 e. The van der Waals surface area contributed by atoms with Gasteiger partial charge in [0.05, 0.1) is 14.2 Å². The van der Waals surface area contributed by atoms with Crippen molar-refractivity contribution in [3.63, 3.8) is 0 Å². The number of nitrogens with one attached hydrogen (secondary N) is 1. The van der Waals surface area contributed by atoms with Gasteiger partial charge in [-0.05, 0) is 36.2 Å². The molecule has 0 saturated carbocycles. The Balaban J connectivity index is 2.27. The SMILES string of the molecule is COc1cc(CNc2nc(Cl)c(C)cc2C(=O)O)cc(OC)c1. The number of methoxy groups -OCH3 is 2. The molecule has 6 nitrogen and oxygen atoms in total. The van der Waals surface area contributed by atoms with Crippen molar-refractivity contribution in [1.82, 2.24) is 4.98 Å². The molecule has 2 aromatic rings. The van der Waals surface area contributed by atoms with Crippen LogP contribution in [0.4, 0.5) is 5.82 Å². The lowest BCUT2D eigenvalue weighted by molar-refractivity contribution is 0.0697. The third-order valence-corrected chi connectivity index (χ3v) is 3.64. The van der Waals surface area contributed by atoms with E-state index >= 15 is 0 Å². The number of rotatable bonds is 6. The number of carboxylic acid groups (broad SMARTS) is 1. The first-order chi connectivity index (χ1) is 10.9. The zero-order chi connectivity index (χ0) is 17.0. The average Bonchev–Trinajstić information content (AvgIpc) is 2.54. The van der Waals surface area contributed by atoms with Gasteiger partial charge < -0.3 is 19.9 Å². The molecule has 0 bridgehead atoms. The van der Waals surface area contributed by atoms with E-state index in [2.05, 4.69) is 10.3 Å². The number of anilines is 1. The summed E-state index contributed by atoms with van der Waals surface area (Å²) in [5.41, 5.74) is 1.54. The van der Waals surface area contributed by atoms with E-state index in [1.165, 1.54) is 6.07 Å². The monoisotopic (exact) mass is 336 g/mol. The van der Waals surface area contributed by atoms with Gasteiger partial charge >= 0.3 is 5.97 Å². The first-order valence-corrected chi connectivity index (χ1v) is 7.18. The van der Waals surface area contributed by atoms with E-state index in [1.807, 2.05) is 12.1 Å². The fourth-order valence-corrected chi connectivity index (χ4v) is 2.18. The van der Waals surface area contributed by atoms with E-state index in [0.29, 0.717) is 23.6 Å². The van der Waals surface area contributed by atoms with Crippen molar-refractivity contribution in [3.8, 4) is 11.5 Å². The van der Waals surface area contributed by atoms with E-state index in [0.717, 1.165) is 5.56 Å². The molecule has 1 aromatic carbocycles. The highest BCUT2D eigenvalue weighted by Gasteiger charge is 2.14. The van der Waals surface area contributed by atoms with Crippen LogP contribution >= 0.6 is 11.6 Å². The van der Waals surface area contributed by atoms with Crippen LogP contribution in [0.3, 0.4) is 0 Å². The second-order valence-electron chi connectivity index (χ2n) is 4.87. The molecule has 23 heavy (non-hydrogen) atoms. The highest BCUT2D eigenvalue weighted by Crippen LogP contribution is 2.25. The molecule has 1 aromatic heterocycles. The average molecular weight is 337 g/mol. The van der Waals surface area contributed by atoms with Crippen LogP contribution in [0.2, 0.25) is 5.15 Å². The Bertz CT molecular complexity index is 712. The number of benzene rings is 1. The first kappa shape index (κ1) is 16.9. The number of aromatic nitrogens is 1. The predicted molar refractivity (Wildman–Crippen MR) is 87.8 cm³/mol. The van der Waals surface area contributed by atoms with Crippen molar-refractivity contribution in [1.29, 1.82) is 0 Å². The van der Waals surface area contributed by atoms with Crippen molar-refractivity contribution in [3.05, 3.63) is 46.1 Å². The summed E-state index contributed by atoms with van der Waals surface area (Å²) < 4.78 is 10.4. The van der Waals surface area contributed by atoms with Crippen LogP contribution in [0.5, 0.6) is 11.5 Å². The molecule has 0 unspecified atom stereocenters. The molecule has 0 radical (unpaired) electrons. The molecule has 122 valence electrons. The zero-order valence-electron chi connectivity index (χ0n) is 13.0. The van der Waals surface area contributed by atoms with E-state index < -0.39 is 5.97 Å². The molecule has 0 aliphatic rings. The highest BCUT2D eigenvalue weighted by molar-refractivity contribution is 6.30. The van der Waals surface area contributed by atoms with Crippen LogP contribution in [0.15, 0.2) is 24.3 Å². The first-order valence-electron chi connectivity index (χ1n) is 6.81. The summed E-state index contributed by atoms with van der Waals surface area (Å²) in [7, 11) is 3.13. The summed E-state index contributed by atoms with van der Waals surface area (Å²) in [5, 5.41) is 12.5. The van der Waals surface area contributed by atoms with E-state index in [9.17, 15) is 9.90 Å². The zero-order valence-corrected chi connectivity index (χ0v) is 13.8. The number of aromatic carboxylic acids is 1. The van der Waals surface area contributed by atoms with Crippen LogP contribution in [0.25, 0.3) is 0 Å². The minimum atomic E-state index is -1.07. The quantitative estimate of drug-likeness (QED) is 0.787. The van der Waals surface area contributed by atoms with Crippen LogP contribution in [-0.4, -0.2) is 30.3 Å². The number of ether oxygens (including phenoxy) is 2. The van der Waals surface area contributed by atoms with Crippen LogP contribution in [0, 0.1) is 6.92 Å². The molecular formula is C16H17ClN2O4. The Morgan fingerprint density at radius 2 is 1.83 bits per heavy atom. The van der Waals surface area contributed by atoms with E-state index in [-0.39, 0.29) is 16.5 Å². The van der Waals surface area contributed by atoms with Gasteiger partial charge in [-0.15, -0.1) is 0 Å². The molecule has 0 aliphatic heterocycles. The molecule has 1 heterocycles. The molecule has 0 aliphatic carbocycles. The third kappa shape index (κ3) is 4.04. The van der Waals surface area contributed by atoms with E-state index in [1.54, 1.807) is 27.2 Å². The second-order valence-corrected chi connectivity index (χ2v) is 5.23. The maximum Gasteiger partial charge on any atom is 0.339 e. The predicted octanol–water partition coefficient (Wildman–Crippen LogP) is 3.37. The van der Waals surface area contributed by atoms with Gasteiger partial charge in [-0.3, -0.25) is 0 Å². The van der Waals surface area contributed by atoms with E-state index in [4.69, 9.17) is 21.1 Å². The fraction of sp³-hybridized carbons (Fsp3) is 0.250. The summed E-state index contributed by atoms with van der Waals surface area (Å²) in [6, 6.07) is 6.90. The minimum absolute atomic E-state index is 0.0711. The second kappa shape index (κ2) is 7.19. The molecule has 0 fully saturated rings. The van der Waals surface area contributed by atoms with Crippen molar-refractivity contribution in [2.75, 3.05) is 19.5 Å². The largest absolute Gasteiger partial charge is 0.497 e. The lowest BCUT2D eigenvalue weighted by Crippen LogP contribution is -2.09. The van der Waals surface area contributed by atoms with Crippen molar-refractivity contribution >= 4 is 23.4 Å². The molecule has 0 saturated heterocycles. The van der Waals surface area contributed by atoms with Gasteiger partial charge in [-0.1, -0.05) is 11.6 Å². The Hall–Kier alpha value is -2.47. The normalized spacial score (nSPS) is 10.3.